The van der Waals surface area contributed by atoms with Gasteiger partial charge in [-0.05, 0) is 23.3 Å². The predicted molar refractivity (Wildman–Crippen MR) is 164 cm³/mol. The lowest BCUT2D eigenvalue weighted by atomic mass is 9.91. The number of aliphatic hydroxyl groups is 2. The van der Waals surface area contributed by atoms with Gasteiger partial charge in [0.2, 0.25) is 0 Å². The SMILES string of the molecule is COCC1OC(n2cnc3c(NCC(c4ccccc4)c4ccccc4)nc(CNC(=O)c4ccccc4)nc32)C(O)C1O. The quantitative estimate of drug-likeness (QED) is 0.181. The summed E-state index contributed by atoms with van der Waals surface area (Å²) in [6.07, 6.45) is -2.55. The van der Waals surface area contributed by atoms with Crippen molar-refractivity contribution in [3.63, 3.8) is 0 Å². The fourth-order valence-corrected chi connectivity index (χ4v) is 5.46. The third-order valence-corrected chi connectivity index (χ3v) is 7.73. The van der Waals surface area contributed by atoms with E-state index in [0.717, 1.165) is 11.1 Å². The summed E-state index contributed by atoms with van der Waals surface area (Å²) in [7, 11) is 1.50. The number of carbonyl (C=O) groups excluding carboxylic acids is 1. The number of anilines is 1. The Kier molecular flexibility index (Phi) is 8.89. The van der Waals surface area contributed by atoms with Gasteiger partial charge in [-0.2, -0.15) is 0 Å². The number of aromatic nitrogens is 4. The van der Waals surface area contributed by atoms with E-state index < -0.39 is 24.5 Å². The molecule has 44 heavy (non-hydrogen) atoms. The molecule has 4 unspecified atom stereocenters. The molecule has 0 bridgehead atoms. The van der Waals surface area contributed by atoms with Crippen LogP contribution in [0.5, 0.6) is 0 Å². The smallest absolute Gasteiger partial charge is 0.251 e. The number of aliphatic hydroxyl groups excluding tert-OH is 2. The number of fused-ring (bicyclic) bond motifs is 1. The molecule has 3 aromatic carbocycles. The topological polar surface area (TPSA) is 144 Å². The molecule has 2 aromatic heterocycles. The number of hydrogen-bond donors (Lipinski definition) is 4. The fourth-order valence-electron chi connectivity index (χ4n) is 5.46. The van der Waals surface area contributed by atoms with Crippen molar-refractivity contribution in [3.8, 4) is 0 Å². The minimum absolute atomic E-state index is 0.00988. The molecule has 0 aliphatic carbocycles. The van der Waals surface area contributed by atoms with Crippen molar-refractivity contribution in [1.82, 2.24) is 24.8 Å². The Morgan fingerprint density at radius 1 is 0.932 bits per heavy atom. The van der Waals surface area contributed by atoms with Gasteiger partial charge in [-0.25, -0.2) is 15.0 Å². The number of benzene rings is 3. The molecule has 4 N–H and O–H groups in total. The van der Waals surface area contributed by atoms with Crippen LogP contribution in [-0.2, 0) is 16.0 Å². The van der Waals surface area contributed by atoms with Crippen molar-refractivity contribution in [1.29, 1.82) is 0 Å². The molecular formula is C33H34N6O5. The van der Waals surface area contributed by atoms with Crippen LogP contribution in [0.1, 0.15) is 39.5 Å². The summed E-state index contributed by atoms with van der Waals surface area (Å²) < 4.78 is 12.7. The van der Waals surface area contributed by atoms with Crippen LogP contribution >= 0.6 is 0 Å². The van der Waals surface area contributed by atoms with Gasteiger partial charge >= 0.3 is 0 Å². The second-order valence-corrected chi connectivity index (χ2v) is 10.6. The fraction of sp³-hybridized carbons (Fsp3) is 0.273. The third-order valence-electron chi connectivity index (χ3n) is 7.73. The van der Waals surface area contributed by atoms with Crippen LogP contribution in [0.15, 0.2) is 97.3 Å². The van der Waals surface area contributed by atoms with E-state index in [1.165, 1.54) is 13.4 Å². The molecule has 3 heterocycles. The van der Waals surface area contributed by atoms with Gasteiger partial charge < -0.3 is 30.3 Å². The monoisotopic (exact) mass is 594 g/mol. The van der Waals surface area contributed by atoms with Gasteiger partial charge in [0, 0.05) is 25.1 Å². The third kappa shape index (κ3) is 6.17. The zero-order valence-corrected chi connectivity index (χ0v) is 24.2. The molecule has 11 heteroatoms. The normalized spacial score (nSPS) is 19.8. The molecule has 0 radical (unpaired) electrons. The van der Waals surface area contributed by atoms with E-state index in [-0.39, 0.29) is 25.0 Å². The van der Waals surface area contributed by atoms with Gasteiger partial charge in [0.05, 0.1) is 19.5 Å². The van der Waals surface area contributed by atoms with Gasteiger partial charge in [-0.15, -0.1) is 0 Å². The van der Waals surface area contributed by atoms with E-state index in [9.17, 15) is 15.0 Å². The van der Waals surface area contributed by atoms with E-state index in [2.05, 4.69) is 39.9 Å². The Morgan fingerprint density at radius 3 is 2.20 bits per heavy atom. The zero-order valence-electron chi connectivity index (χ0n) is 24.2. The van der Waals surface area contributed by atoms with Gasteiger partial charge in [-0.1, -0.05) is 78.9 Å². The van der Waals surface area contributed by atoms with Gasteiger partial charge in [0.1, 0.15) is 18.3 Å². The number of carbonyl (C=O) groups is 1. The van der Waals surface area contributed by atoms with E-state index >= 15 is 0 Å². The van der Waals surface area contributed by atoms with Gasteiger partial charge in [0.25, 0.3) is 5.91 Å². The van der Waals surface area contributed by atoms with Crippen molar-refractivity contribution >= 4 is 22.9 Å². The molecule has 11 nitrogen and oxygen atoms in total. The maximum absolute atomic E-state index is 12.8. The van der Waals surface area contributed by atoms with Crippen LogP contribution in [0.25, 0.3) is 11.2 Å². The zero-order chi connectivity index (χ0) is 30.5. The lowest BCUT2D eigenvalue weighted by Gasteiger charge is -2.20. The molecule has 1 saturated heterocycles. The average Bonchev–Trinajstić information content (AvgIpc) is 3.61. The first-order valence-electron chi connectivity index (χ1n) is 14.4. The maximum atomic E-state index is 12.8. The Bertz CT molecular complexity index is 1650. The maximum Gasteiger partial charge on any atom is 0.251 e. The predicted octanol–water partition coefficient (Wildman–Crippen LogP) is 3.27. The standard InChI is InChI=1S/C33H34N6O5/c1-43-19-25-28(40)29(41)33(44-25)39-20-36-27-30(34-17-24(21-11-5-2-6-12-21)22-13-7-3-8-14-22)37-26(38-31(27)39)18-35-32(42)23-15-9-4-10-16-23/h2-16,20,24-25,28-29,33,40-41H,17-19H2,1H3,(H,35,42)(H,34,37,38). The van der Waals surface area contributed by atoms with Gasteiger partial charge in [-0.3, -0.25) is 9.36 Å². The average molecular weight is 595 g/mol. The van der Waals surface area contributed by atoms with Crippen LogP contribution in [-0.4, -0.2) is 74.2 Å². The highest BCUT2D eigenvalue weighted by Gasteiger charge is 2.44. The van der Waals surface area contributed by atoms with Crippen molar-refractivity contribution < 1.29 is 24.5 Å². The summed E-state index contributed by atoms with van der Waals surface area (Å²) in [5.74, 6) is 0.556. The highest BCUT2D eigenvalue weighted by Crippen LogP contribution is 2.33. The van der Waals surface area contributed by atoms with E-state index in [0.29, 0.717) is 34.9 Å². The molecule has 4 atom stereocenters. The molecule has 226 valence electrons. The Morgan fingerprint density at radius 2 is 1.57 bits per heavy atom. The first kappa shape index (κ1) is 29.4. The lowest BCUT2D eigenvalue weighted by molar-refractivity contribution is -0.0580. The van der Waals surface area contributed by atoms with Crippen molar-refractivity contribution in [2.75, 3.05) is 25.6 Å². The minimum atomic E-state index is -1.24. The summed E-state index contributed by atoms with van der Waals surface area (Å²) in [6, 6.07) is 29.3. The largest absolute Gasteiger partial charge is 0.387 e. The number of imidazole rings is 1. The number of hydrogen-bond acceptors (Lipinski definition) is 9. The van der Waals surface area contributed by atoms with E-state index in [1.807, 2.05) is 42.5 Å². The first-order valence-corrected chi connectivity index (χ1v) is 14.4. The second-order valence-electron chi connectivity index (χ2n) is 10.6. The van der Waals surface area contributed by atoms with Crippen LogP contribution in [0.4, 0.5) is 5.82 Å². The summed E-state index contributed by atoms with van der Waals surface area (Å²) >= 11 is 0. The molecule has 5 aromatic rings. The number of amides is 1. The van der Waals surface area contributed by atoms with Crippen LogP contribution in [0, 0.1) is 0 Å². The van der Waals surface area contributed by atoms with Crippen LogP contribution in [0.3, 0.4) is 0 Å². The summed E-state index contributed by atoms with van der Waals surface area (Å²) in [5, 5.41) is 27.8. The second kappa shape index (κ2) is 13.3. The van der Waals surface area contributed by atoms with Crippen molar-refractivity contribution in [3.05, 3.63) is 120 Å². The number of ether oxygens (including phenoxy) is 2. The van der Waals surface area contributed by atoms with E-state index in [1.54, 1.807) is 28.8 Å². The van der Waals surface area contributed by atoms with Crippen molar-refractivity contribution in [2.24, 2.45) is 0 Å². The first-order chi connectivity index (χ1) is 21.5. The molecule has 1 amide bonds. The van der Waals surface area contributed by atoms with Crippen molar-refractivity contribution in [2.45, 2.75) is 37.0 Å². The summed E-state index contributed by atoms with van der Waals surface area (Å²) in [4.78, 5) is 26.9. The summed E-state index contributed by atoms with van der Waals surface area (Å²) in [5.41, 5.74) is 3.64. The molecule has 6 rings (SSSR count). The van der Waals surface area contributed by atoms with Crippen LogP contribution in [0.2, 0.25) is 0 Å². The lowest BCUT2D eigenvalue weighted by Crippen LogP contribution is -2.33. The molecule has 1 aliphatic rings. The molecule has 1 aliphatic heterocycles. The molecular weight excluding hydrogens is 560 g/mol. The number of nitrogens with zero attached hydrogens (tertiary/aromatic N) is 4. The Labute approximate surface area is 254 Å². The molecule has 0 spiro atoms. The molecule has 1 fully saturated rings. The highest BCUT2D eigenvalue weighted by molar-refractivity contribution is 5.94. The minimum Gasteiger partial charge on any atom is -0.387 e. The number of nitrogens with one attached hydrogen (secondary N) is 2. The van der Waals surface area contributed by atoms with E-state index in [4.69, 9.17) is 19.4 Å². The molecule has 0 saturated carbocycles. The summed E-state index contributed by atoms with van der Waals surface area (Å²) in [6.45, 7) is 0.660. The highest BCUT2D eigenvalue weighted by atomic mass is 16.6. The van der Waals surface area contributed by atoms with Gasteiger partial charge in [0.15, 0.2) is 29.0 Å². The Hall–Kier alpha value is -4.68. The van der Waals surface area contributed by atoms with Crippen LogP contribution < -0.4 is 10.6 Å². The number of methoxy groups -OCH3 is 1. The Balaban J connectivity index is 1.34. The number of rotatable bonds is 11.